The Balaban J connectivity index is 2.08. The molecular formula is C13H25N3O. The zero-order valence-electron chi connectivity index (χ0n) is 11.7. The molecule has 0 aromatic heterocycles. The van der Waals surface area contributed by atoms with Gasteiger partial charge in [-0.1, -0.05) is 0 Å². The van der Waals surface area contributed by atoms with Crippen LogP contribution in [-0.4, -0.2) is 52.0 Å². The predicted octanol–water partition coefficient (Wildman–Crippen LogP) is 0.809. The van der Waals surface area contributed by atoms with Crippen molar-refractivity contribution in [1.82, 2.24) is 9.80 Å². The van der Waals surface area contributed by atoms with Crippen molar-refractivity contribution in [3.05, 3.63) is 0 Å². The number of hydrogen-bond acceptors (Lipinski definition) is 3. The van der Waals surface area contributed by atoms with E-state index in [4.69, 9.17) is 5.73 Å². The fourth-order valence-corrected chi connectivity index (χ4v) is 3.77. The summed E-state index contributed by atoms with van der Waals surface area (Å²) in [4.78, 5) is 16.6. The van der Waals surface area contributed by atoms with Gasteiger partial charge >= 0.3 is 0 Å². The second kappa shape index (κ2) is 3.45. The molecule has 2 rings (SSSR count). The number of fused-ring (bicyclic) bond motifs is 1. The van der Waals surface area contributed by atoms with Crippen LogP contribution in [0, 0.1) is 0 Å². The first-order chi connectivity index (χ1) is 7.56. The number of nitrogens with two attached hydrogens (primary N) is 1. The number of piperazine rings is 1. The fraction of sp³-hybridized carbons (Fsp3) is 0.923. The van der Waals surface area contributed by atoms with Crippen LogP contribution in [0.4, 0.5) is 0 Å². The van der Waals surface area contributed by atoms with Gasteiger partial charge in [-0.3, -0.25) is 9.69 Å². The highest BCUT2D eigenvalue weighted by molar-refractivity contribution is 5.85. The van der Waals surface area contributed by atoms with Gasteiger partial charge < -0.3 is 10.6 Å². The normalized spacial score (nSPS) is 32.9. The van der Waals surface area contributed by atoms with Crippen molar-refractivity contribution in [2.24, 2.45) is 5.73 Å². The van der Waals surface area contributed by atoms with E-state index in [0.717, 1.165) is 26.1 Å². The molecule has 4 nitrogen and oxygen atoms in total. The maximum atomic E-state index is 12.2. The average Bonchev–Trinajstić information content (AvgIpc) is 2.11. The van der Waals surface area contributed by atoms with Gasteiger partial charge in [-0.15, -0.1) is 0 Å². The Bertz CT molecular complexity index is 345. The van der Waals surface area contributed by atoms with Crippen molar-refractivity contribution < 1.29 is 4.79 Å². The van der Waals surface area contributed by atoms with Crippen LogP contribution in [0.1, 0.15) is 41.0 Å². The third-order valence-electron chi connectivity index (χ3n) is 4.16. The van der Waals surface area contributed by atoms with Crippen LogP contribution in [0.15, 0.2) is 0 Å². The van der Waals surface area contributed by atoms with Gasteiger partial charge in [0.2, 0.25) is 5.91 Å². The van der Waals surface area contributed by atoms with E-state index in [1.165, 1.54) is 0 Å². The van der Waals surface area contributed by atoms with Gasteiger partial charge in [-0.2, -0.15) is 0 Å². The van der Waals surface area contributed by atoms with E-state index in [0.29, 0.717) is 5.54 Å². The van der Waals surface area contributed by atoms with Gasteiger partial charge in [0, 0.05) is 30.7 Å². The number of hydrogen-bond donors (Lipinski definition) is 1. The quantitative estimate of drug-likeness (QED) is 0.736. The summed E-state index contributed by atoms with van der Waals surface area (Å²) in [7, 11) is 0. The molecule has 2 aliphatic rings. The van der Waals surface area contributed by atoms with E-state index >= 15 is 0 Å². The molecule has 0 aromatic carbocycles. The highest BCUT2D eigenvalue weighted by Crippen LogP contribution is 2.46. The summed E-state index contributed by atoms with van der Waals surface area (Å²) in [5, 5.41) is 0. The lowest BCUT2D eigenvalue weighted by molar-refractivity contribution is -0.171. The maximum Gasteiger partial charge on any atom is 0.242 e. The molecule has 0 aliphatic carbocycles. The van der Waals surface area contributed by atoms with Crippen molar-refractivity contribution in [2.45, 2.75) is 57.7 Å². The Morgan fingerprint density at radius 1 is 1.24 bits per heavy atom. The summed E-state index contributed by atoms with van der Waals surface area (Å²) >= 11 is 0. The second-order valence-corrected chi connectivity index (χ2v) is 7.09. The number of carbonyl (C=O) groups is 1. The van der Waals surface area contributed by atoms with Gasteiger partial charge in [-0.05, 0) is 41.0 Å². The maximum absolute atomic E-state index is 12.2. The van der Waals surface area contributed by atoms with Gasteiger partial charge in [-0.25, -0.2) is 0 Å². The van der Waals surface area contributed by atoms with Crippen molar-refractivity contribution in [1.29, 1.82) is 0 Å². The van der Waals surface area contributed by atoms with E-state index in [2.05, 4.69) is 25.7 Å². The highest BCUT2D eigenvalue weighted by Gasteiger charge is 2.56. The van der Waals surface area contributed by atoms with Crippen LogP contribution in [0.25, 0.3) is 0 Å². The summed E-state index contributed by atoms with van der Waals surface area (Å²) in [6.07, 6.45) is 1.15. The van der Waals surface area contributed by atoms with E-state index in [1.807, 2.05) is 4.90 Å². The standard InChI is InChI=1S/C13H25N3O/c1-11(2)8-13(5)9-15(6-7-16(11)13)10(17)12(3,4)14/h6-9,14H2,1-5H3. The van der Waals surface area contributed by atoms with Crippen LogP contribution >= 0.6 is 0 Å². The molecule has 0 radical (unpaired) electrons. The minimum Gasteiger partial charge on any atom is -0.338 e. The third-order valence-corrected chi connectivity index (χ3v) is 4.16. The summed E-state index contributed by atoms with van der Waals surface area (Å²) in [5.74, 6) is 0.0723. The first-order valence-electron chi connectivity index (χ1n) is 6.42. The number of rotatable bonds is 1. The molecule has 2 aliphatic heterocycles. The smallest absolute Gasteiger partial charge is 0.242 e. The first-order valence-corrected chi connectivity index (χ1v) is 6.42. The van der Waals surface area contributed by atoms with Gasteiger partial charge in [0.25, 0.3) is 0 Å². The van der Waals surface area contributed by atoms with Crippen LogP contribution in [0.5, 0.6) is 0 Å². The molecule has 0 aromatic rings. The minimum absolute atomic E-state index is 0.0723. The molecule has 2 saturated heterocycles. The van der Waals surface area contributed by atoms with Crippen molar-refractivity contribution >= 4 is 5.91 Å². The molecule has 0 bridgehead atoms. The molecule has 1 atom stereocenters. The number of amides is 1. The van der Waals surface area contributed by atoms with E-state index < -0.39 is 5.54 Å². The topological polar surface area (TPSA) is 49.6 Å². The van der Waals surface area contributed by atoms with Crippen LogP contribution in [-0.2, 0) is 4.79 Å². The molecule has 0 spiro atoms. The molecule has 17 heavy (non-hydrogen) atoms. The molecule has 4 heteroatoms. The average molecular weight is 239 g/mol. The molecule has 2 heterocycles. The molecule has 0 saturated carbocycles. The van der Waals surface area contributed by atoms with Crippen molar-refractivity contribution in [2.75, 3.05) is 19.6 Å². The molecule has 1 amide bonds. The lowest BCUT2D eigenvalue weighted by Crippen LogP contribution is -2.78. The van der Waals surface area contributed by atoms with Crippen molar-refractivity contribution in [3.8, 4) is 0 Å². The monoisotopic (exact) mass is 239 g/mol. The minimum atomic E-state index is -0.752. The van der Waals surface area contributed by atoms with Crippen LogP contribution < -0.4 is 5.73 Å². The molecule has 98 valence electrons. The van der Waals surface area contributed by atoms with E-state index in [1.54, 1.807) is 13.8 Å². The lowest BCUT2D eigenvalue weighted by Gasteiger charge is -2.66. The van der Waals surface area contributed by atoms with Crippen molar-refractivity contribution in [3.63, 3.8) is 0 Å². The van der Waals surface area contributed by atoms with Gasteiger partial charge in [0.15, 0.2) is 0 Å². The SMILES string of the molecule is CC(C)(N)C(=O)N1CCN2C(C)(C)CC2(C)C1. The predicted molar refractivity (Wildman–Crippen MR) is 68.7 cm³/mol. The number of nitrogens with zero attached hydrogens (tertiary/aromatic N) is 2. The molecule has 2 fully saturated rings. The summed E-state index contributed by atoms with van der Waals surface area (Å²) in [6.45, 7) is 13.0. The fourth-order valence-electron chi connectivity index (χ4n) is 3.77. The number of carbonyl (C=O) groups excluding carboxylic acids is 1. The summed E-state index contributed by atoms with van der Waals surface area (Å²) < 4.78 is 0. The molecule has 2 N–H and O–H groups in total. The highest BCUT2D eigenvalue weighted by atomic mass is 16.2. The Kier molecular flexibility index (Phi) is 2.61. The molecular weight excluding hydrogens is 214 g/mol. The van der Waals surface area contributed by atoms with Gasteiger partial charge in [0.1, 0.15) is 0 Å². The van der Waals surface area contributed by atoms with Crippen LogP contribution in [0.3, 0.4) is 0 Å². The van der Waals surface area contributed by atoms with E-state index in [9.17, 15) is 4.79 Å². The summed E-state index contributed by atoms with van der Waals surface area (Å²) in [6, 6.07) is 0. The first kappa shape index (κ1) is 12.8. The summed E-state index contributed by atoms with van der Waals surface area (Å²) in [5.41, 5.74) is 5.60. The Labute approximate surface area is 104 Å². The zero-order chi connectivity index (χ0) is 13.1. The lowest BCUT2D eigenvalue weighted by atomic mass is 9.70. The van der Waals surface area contributed by atoms with Crippen LogP contribution in [0.2, 0.25) is 0 Å². The largest absolute Gasteiger partial charge is 0.338 e. The second-order valence-electron chi connectivity index (χ2n) is 7.09. The Hall–Kier alpha value is -0.610. The molecule has 1 unspecified atom stereocenters. The Morgan fingerprint density at radius 2 is 1.82 bits per heavy atom. The van der Waals surface area contributed by atoms with Gasteiger partial charge in [0.05, 0.1) is 5.54 Å². The Morgan fingerprint density at radius 3 is 2.24 bits per heavy atom. The third kappa shape index (κ3) is 1.97. The van der Waals surface area contributed by atoms with E-state index in [-0.39, 0.29) is 11.4 Å². The zero-order valence-corrected chi connectivity index (χ0v) is 11.7.